The highest BCUT2D eigenvalue weighted by Gasteiger charge is 2.56. The van der Waals surface area contributed by atoms with Gasteiger partial charge in [-0.3, -0.25) is 24.6 Å². The summed E-state index contributed by atoms with van der Waals surface area (Å²) in [5.74, 6) is 2.10. The van der Waals surface area contributed by atoms with Crippen molar-refractivity contribution in [2.24, 2.45) is 23.2 Å². The Morgan fingerprint density at radius 3 is 2.50 bits per heavy atom. The van der Waals surface area contributed by atoms with E-state index in [9.17, 15) is 19.7 Å². The van der Waals surface area contributed by atoms with Crippen molar-refractivity contribution in [1.29, 1.82) is 0 Å². The number of hydrogen-bond acceptors (Lipinski definition) is 7. The number of nitro benzene ring substituents is 1. The molecule has 278 valence electrons. The lowest BCUT2D eigenvalue weighted by Gasteiger charge is -2.62. The van der Waals surface area contributed by atoms with Gasteiger partial charge in [-0.05, 0) is 93.1 Å². The minimum absolute atomic E-state index is 0.111. The van der Waals surface area contributed by atoms with Crippen molar-refractivity contribution in [3.63, 3.8) is 0 Å². The number of nitrogens with zero attached hydrogens (tertiary/aromatic N) is 3. The third-order valence-electron chi connectivity index (χ3n) is 12.2. The summed E-state index contributed by atoms with van der Waals surface area (Å²) in [5.41, 5.74) is 3.55. The first-order chi connectivity index (χ1) is 24.8. The third-order valence-corrected chi connectivity index (χ3v) is 12.2. The fourth-order valence-corrected chi connectivity index (χ4v) is 9.27. The molecule has 3 aromatic rings. The molecule has 7 rings (SSSR count). The molecule has 3 saturated carbocycles. The molecule has 3 aliphatic carbocycles. The number of likely N-dealkylation sites (N-methyl/N-ethyl adjacent to an activating group) is 1. The number of non-ortho nitro benzene ring substituents is 1. The first-order valence-corrected chi connectivity index (χ1v) is 18.8. The number of nitrogens with one attached hydrogen (secondary N) is 2. The smallest absolute Gasteiger partial charge is 0.270 e. The highest BCUT2D eigenvalue weighted by molar-refractivity contribution is 5.97. The molecule has 2 N–H and O–H groups in total. The molecule has 4 fully saturated rings. The van der Waals surface area contributed by atoms with Crippen molar-refractivity contribution in [3.05, 3.63) is 93.5 Å². The molecule has 10 heteroatoms. The molecule has 0 aromatic heterocycles. The maximum Gasteiger partial charge on any atom is 0.270 e. The number of fused-ring (bicyclic) bond motifs is 2. The number of carbonyl (C=O) groups is 2. The van der Waals surface area contributed by atoms with Gasteiger partial charge in [-0.2, -0.15) is 0 Å². The molecular formula is C42H55N5O5. The topological polar surface area (TPSA) is 117 Å². The normalized spacial score (nSPS) is 24.4. The van der Waals surface area contributed by atoms with Gasteiger partial charge in [-0.25, -0.2) is 0 Å². The van der Waals surface area contributed by atoms with E-state index in [1.165, 1.54) is 18.6 Å². The van der Waals surface area contributed by atoms with Crippen LogP contribution in [0, 0.1) is 33.3 Å². The summed E-state index contributed by atoms with van der Waals surface area (Å²) in [6, 6.07) is 20.0. The average Bonchev–Trinajstić information content (AvgIpc) is 3.12. The van der Waals surface area contributed by atoms with Crippen LogP contribution in [-0.4, -0.2) is 79.0 Å². The molecule has 2 amide bonds. The standard InChI is InChI=1S/C42H55N5O5/c1-27-36-23-32(42(36,2)3)24-37(27)44-41(49)38-17-10-11-18-46(38)25-29-15-12-16-35(39(29)52-6)30-20-31(22-34(21-30)47(50)51)40(48)43-33(26-45(4)5)19-28-13-8-7-9-14-28/h7-9,12-16,20-22,27,32-33,36-38H,10-11,17-19,23-26H2,1-6H3,(H,43,48)(H,44,49)/t27-,32-,33-,36+,37-,38-/m0/s1. The Hall–Kier alpha value is -4.28. The van der Waals surface area contributed by atoms with Crippen LogP contribution in [0.25, 0.3) is 11.1 Å². The molecule has 52 heavy (non-hydrogen) atoms. The van der Waals surface area contributed by atoms with Crippen LogP contribution >= 0.6 is 0 Å². The zero-order valence-corrected chi connectivity index (χ0v) is 31.6. The molecule has 1 saturated heterocycles. The molecule has 1 aliphatic heterocycles. The lowest BCUT2D eigenvalue weighted by molar-refractivity contribution is -0.384. The van der Waals surface area contributed by atoms with E-state index in [1.54, 1.807) is 13.2 Å². The van der Waals surface area contributed by atoms with Crippen molar-refractivity contribution >= 4 is 17.5 Å². The summed E-state index contributed by atoms with van der Waals surface area (Å²) in [6.45, 7) is 8.96. The number of hydrogen-bond donors (Lipinski definition) is 2. The van der Waals surface area contributed by atoms with Crippen LogP contribution < -0.4 is 15.4 Å². The summed E-state index contributed by atoms with van der Waals surface area (Å²) in [5, 5.41) is 18.8. The van der Waals surface area contributed by atoms with E-state index in [4.69, 9.17) is 4.74 Å². The van der Waals surface area contributed by atoms with E-state index in [-0.39, 0.29) is 41.2 Å². The summed E-state index contributed by atoms with van der Waals surface area (Å²) >= 11 is 0. The maximum atomic E-state index is 13.9. The largest absolute Gasteiger partial charge is 0.496 e. The zero-order valence-electron chi connectivity index (χ0n) is 31.6. The van der Waals surface area contributed by atoms with E-state index < -0.39 is 4.92 Å². The predicted molar refractivity (Wildman–Crippen MR) is 204 cm³/mol. The Labute approximate surface area is 308 Å². The lowest BCUT2D eigenvalue weighted by atomic mass is 9.45. The minimum atomic E-state index is -0.466. The number of benzene rings is 3. The summed E-state index contributed by atoms with van der Waals surface area (Å²) in [4.78, 5) is 43.6. The summed E-state index contributed by atoms with van der Waals surface area (Å²) < 4.78 is 6.01. The number of piperidine rings is 1. The van der Waals surface area contributed by atoms with E-state index in [0.29, 0.717) is 59.6 Å². The van der Waals surface area contributed by atoms with E-state index in [1.807, 2.05) is 67.5 Å². The number of para-hydroxylation sites is 1. The number of likely N-dealkylation sites (tertiary alicyclic amines) is 1. The molecule has 3 aromatic carbocycles. The molecule has 1 heterocycles. The van der Waals surface area contributed by atoms with Gasteiger partial charge < -0.3 is 20.3 Å². The van der Waals surface area contributed by atoms with Crippen LogP contribution in [0.4, 0.5) is 5.69 Å². The van der Waals surface area contributed by atoms with Gasteiger partial charge in [0.2, 0.25) is 5.91 Å². The second-order valence-electron chi connectivity index (χ2n) is 16.2. The zero-order chi connectivity index (χ0) is 37.2. The van der Waals surface area contributed by atoms with Crippen LogP contribution in [0.15, 0.2) is 66.7 Å². The third kappa shape index (κ3) is 8.03. The summed E-state index contributed by atoms with van der Waals surface area (Å²) in [6.07, 6.45) is 5.75. The van der Waals surface area contributed by atoms with Gasteiger partial charge in [0.15, 0.2) is 0 Å². The van der Waals surface area contributed by atoms with Gasteiger partial charge in [-0.15, -0.1) is 0 Å². The Morgan fingerprint density at radius 1 is 1.06 bits per heavy atom. The SMILES string of the molecule is COc1c(CN2CCCC[C@H]2C(=O)N[C@H]2C[C@@H]3C[C@H]([C@@H]2C)C3(C)C)cccc1-c1cc(C(=O)N[C@@H](Cc2ccccc2)CN(C)C)cc([N+](=O)[O-])c1. The number of amides is 2. The van der Waals surface area contributed by atoms with Crippen molar-refractivity contribution in [3.8, 4) is 16.9 Å². The predicted octanol–water partition coefficient (Wildman–Crippen LogP) is 6.71. The molecule has 4 aliphatic rings. The van der Waals surface area contributed by atoms with Crippen LogP contribution in [-0.2, 0) is 17.8 Å². The van der Waals surface area contributed by atoms with Crippen molar-refractivity contribution < 1.29 is 19.2 Å². The Morgan fingerprint density at radius 2 is 1.83 bits per heavy atom. The molecule has 2 bridgehead atoms. The molecule has 6 atom stereocenters. The van der Waals surface area contributed by atoms with Gasteiger partial charge in [0.25, 0.3) is 11.6 Å². The van der Waals surface area contributed by atoms with Gasteiger partial charge in [0, 0.05) is 54.0 Å². The Kier molecular flexibility index (Phi) is 11.4. The summed E-state index contributed by atoms with van der Waals surface area (Å²) in [7, 11) is 5.50. The van der Waals surface area contributed by atoms with Gasteiger partial charge >= 0.3 is 0 Å². The van der Waals surface area contributed by atoms with Gasteiger partial charge in [0.05, 0.1) is 18.1 Å². The van der Waals surface area contributed by atoms with Crippen LogP contribution in [0.2, 0.25) is 0 Å². The Bertz CT molecular complexity index is 1760. The minimum Gasteiger partial charge on any atom is -0.496 e. The average molecular weight is 710 g/mol. The number of ether oxygens (including phenoxy) is 1. The quantitative estimate of drug-likeness (QED) is 0.150. The molecule has 10 nitrogen and oxygen atoms in total. The Balaban J connectivity index is 1.23. The fourth-order valence-electron chi connectivity index (χ4n) is 9.27. The highest BCUT2D eigenvalue weighted by Crippen LogP contribution is 2.61. The monoisotopic (exact) mass is 709 g/mol. The maximum absolute atomic E-state index is 13.9. The van der Waals surface area contributed by atoms with E-state index >= 15 is 0 Å². The molecule has 0 radical (unpaired) electrons. The molecular weight excluding hydrogens is 654 g/mol. The van der Waals surface area contributed by atoms with E-state index in [2.05, 4.69) is 36.3 Å². The second kappa shape index (κ2) is 15.8. The van der Waals surface area contributed by atoms with Gasteiger partial charge in [-0.1, -0.05) is 75.7 Å². The van der Waals surface area contributed by atoms with Gasteiger partial charge in [0.1, 0.15) is 5.75 Å². The van der Waals surface area contributed by atoms with E-state index in [0.717, 1.165) is 43.4 Å². The molecule has 0 spiro atoms. The second-order valence-corrected chi connectivity index (χ2v) is 16.2. The van der Waals surface area contributed by atoms with Crippen molar-refractivity contribution in [1.82, 2.24) is 20.4 Å². The number of methoxy groups -OCH3 is 1. The van der Waals surface area contributed by atoms with Crippen molar-refractivity contribution in [2.75, 3.05) is 34.3 Å². The van der Waals surface area contributed by atoms with Crippen LogP contribution in [0.5, 0.6) is 5.75 Å². The lowest BCUT2D eigenvalue weighted by Crippen LogP contribution is -2.62. The van der Waals surface area contributed by atoms with Crippen LogP contribution in [0.1, 0.15) is 74.4 Å². The van der Waals surface area contributed by atoms with Crippen molar-refractivity contribution in [2.45, 2.75) is 84.0 Å². The number of rotatable bonds is 13. The first-order valence-electron chi connectivity index (χ1n) is 18.8. The molecule has 0 unspecified atom stereocenters. The number of nitro groups is 1. The highest BCUT2D eigenvalue weighted by atomic mass is 16.6. The first kappa shape index (κ1) is 37.5. The number of carbonyl (C=O) groups excluding carboxylic acids is 2. The fraction of sp³-hybridized carbons (Fsp3) is 0.524. The van der Waals surface area contributed by atoms with Crippen LogP contribution in [0.3, 0.4) is 0 Å².